The standard InChI is InChI=1S/C40H22N4O2/c1-42-34-16-8-7-14-30(34)26-19-21-32-31-20-18-25(29-13-6-5-10-27(29)24-41)22-36(31)44(37(32)23-26)35-17-9-15-33-38(35)40(46)43(39(33)45)28-11-3-2-4-12-28/h2-23H. The second-order valence-electron chi connectivity index (χ2n) is 11.1. The van der Waals surface area contributed by atoms with Crippen molar-refractivity contribution in [2.75, 3.05) is 4.90 Å². The number of imide groups is 1. The molecule has 0 bridgehead atoms. The van der Waals surface area contributed by atoms with Crippen LogP contribution in [0.2, 0.25) is 0 Å². The van der Waals surface area contributed by atoms with Gasteiger partial charge in [0.15, 0.2) is 5.69 Å². The van der Waals surface area contributed by atoms with E-state index in [2.05, 4.69) is 10.9 Å². The van der Waals surface area contributed by atoms with Crippen molar-refractivity contribution < 1.29 is 9.59 Å². The fourth-order valence-electron chi connectivity index (χ4n) is 6.53. The van der Waals surface area contributed by atoms with Gasteiger partial charge in [-0.3, -0.25) is 9.59 Å². The van der Waals surface area contributed by atoms with E-state index in [9.17, 15) is 14.9 Å². The zero-order valence-electron chi connectivity index (χ0n) is 24.3. The van der Waals surface area contributed by atoms with Crippen LogP contribution in [0, 0.1) is 17.9 Å². The van der Waals surface area contributed by atoms with Crippen LogP contribution in [0.4, 0.5) is 11.4 Å². The number of aromatic nitrogens is 1. The minimum Gasteiger partial charge on any atom is -0.308 e. The summed E-state index contributed by atoms with van der Waals surface area (Å²) in [6.07, 6.45) is 0. The van der Waals surface area contributed by atoms with Crippen LogP contribution in [0.5, 0.6) is 0 Å². The van der Waals surface area contributed by atoms with Crippen molar-refractivity contribution in [3.63, 3.8) is 0 Å². The molecular formula is C40H22N4O2. The van der Waals surface area contributed by atoms with Crippen molar-refractivity contribution in [3.8, 4) is 34.0 Å². The van der Waals surface area contributed by atoms with Gasteiger partial charge in [0.25, 0.3) is 11.8 Å². The molecule has 7 aromatic rings. The van der Waals surface area contributed by atoms with Crippen LogP contribution in [0.1, 0.15) is 26.3 Å². The first-order valence-electron chi connectivity index (χ1n) is 14.7. The minimum absolute atomic E-state index is 0.324. The van der Waals surface area contributed by atoms with E-state index in [-0.39, 0.29) is 5.91 Å². The normalized spacial score (nSPS) is 12.3. The van der Waals surface area contributed by atoms with Crippen LogP contribution >= 0.6 is 0 Å². The number of nitriles is 1. The smallest absolute Gasteiger partial charge is 0.268 e. The summed E-state index contributed by atoms with van der Waals surface area (Å²) >= 11 is 0. The fourth-order valence-corrected chi connectivity index (χ4v) is 6.53. The topological polar surface area (TPSA) is 70.5 Å². The zero-order valence-corrected chi connectivity index (χ0v) is 24.3. The molecule has 0 atom stereocenters. The lowest BCUT2D eigenvalue weighted by Gasteiger charge is -2.15. The molecule has 1 aromatic heterocycles. The highest BCUT2D eigenvalue weighted by molar-refractivity contribution is 6.35. The molecule has 6 heteroatoms. The first-order chi connectivity index (χ1) is 22.6. The molecule has 8 rings (SSSR count). The molecular weight excluding hydrogens is 568 g/mol. The van der Waals surface area contributed by atoms with Crippen LogP contribution in [0.25, 0.3) is 54.6 Å². The van der Waals surface area contributed by atoms with E-state index in [0.29, 0.717) is 33.8 Å². The molecule has 0 fully saturated rings. The van der Waals surface area contributed by atoms with Crippen LogP contribution in [0.15, 0.2) is 133 Å². The number of carbonyl (C=O) groups excluding carboxylic acids is 2. The fraction of sp³-hybridized carbons (Fsp3) is 0. The number of benzene rings is 6. The molecule has 6 nitrogen and oxygen atoms in total. The molecule has 0 spiro atoms. The Balaban J connectivity index is 1.45. The van der Waals surface area contributed by atoms with E-state index in [1.54, 1.807) is 48.5 Å². The zero-order chi connectivity index (χ0) is 31.4. The Morgan fingerprint density at radius 1 is 0.609 bits per heavy atom. The Morgan fingerprint density at radius 3 is 1.91 bits per heavy atom. The molecule has 0 saturated carbocycles. The van der Waals surface area contributed by atoms with Gasteiger partial charge in [-0.05, 0) is 64.7 Å². The number of amides is 2. The lowest BCUT2D eigenvalue weighted by molar-refractivity contribution is 0.0926. The van der Waals surface area contributed by atoms with E-state index in [0.717, 1.165) is 44.1 Å². The van der Waals surface area contributed by atoms with Gasteiger partial charge >= 0.3 is 0 Å². The summed E-state index contributed by atoms with van der Waals surface area (Å²) in [5.41, 5.74) is 7.81. The molecule has 46 heavy (non-hydrogen) atoms. The van der Waals surface area contributed by atoms with Gasteiger partial charge in [0.1, 0.15) is 0 Å². The number of para-hydroxylation sites is 2. The first-order valence-corrected chi connectivity index (χ1v) is 14.7. The average molecular weight is 591 g/mol. The van der Waals surface area contributed by atoms with Gasteiger partial charge < -0.3 is 4.57 Å². The highest BCUT2D eigenvalue weighted by Gasteiger charge is 2.39. The monoisotopic (exact) mass is 590 g/mol. The predicted octanol–water partition coefficient (Wildman–Crippen LogP) is 9.34. The Labute approximate surface area is 264 Å². The molecule has 0 aliphatic carbocycles. The van der Waals surface area contributed by atoms with Gasteiger partial charge in [0, 0.05) is 10.8 Å². The molecule has 1 aliphatic rings. The van der Waals surface area contributed by atoms with Gasteiger partial charge in [-0.1, -0.05) is 91.0 Å². The maximum absolute atomic E-state index is 14.2. The third-order valence-corrected chi connectivity index (χ3v) is 8.61. The Hall–Kier alpha value is -6.76. The summed E-state index contributed by atoms with van der Waals surface area (Å²) < 4.78 is 2.03. The number of rotatable bonds is 4. The molecule has 0 N–H and O–H groups in total. The van der Waals surface area contributed by atoms with Crippen LogP contribution < -0.4 is 4.90 Å². The second-order valence-corrected chi connectivity index (χ2v) is 11.1. The van der Waals surface area contributed by atoms with Crippen molar-refractivity contribution in [2.45, 2.75) is 0 Å². The summed E-state index contributed by atoms with van der Waals surface area (Å²) in [6, 6.07) is 43.7. The number of hydrogen-bond donors (Lipinski definition) is 0. The lowest BCUT2D eigenvalue weighted by Crippen LogP contribution is -2.29. The predicted molar refractivity (Wildman–Crippen MR) is 180 cm³/mol. The largest absolute Gasteiger partial charge is 0.308 e. The summed E-state index contributed by atoms with van der Waals surface area (Å²) in [4.78, 5) is 32.8. The molecule has 2 amide bonds. The Morgan fingerprint density at radius 2 is 1.22 bits per heavy atom. The molecule has 6 aromatic carbocycles. The van der Waals surface area contributed by atoms with Gasteiger partial charge in [-0.25, -0.2) is 9.74 Å². The lowest BCUT2D eigenvalue weighted by atomic mass is 9.98. The van der Waals surface area contributed by atoms with Gasteiger partial charge in [0.2, 0.25) is 0 Å². The average Bonchev–Trinajstić information content (AvgIpc) is 3.57. The van der Waals surface area contributed by atoms with Crippen molar-refractivity contribution in [1.82, 2.24) is 4.57 Å². The second kappa shape index (κ2) is 10.4. The maximum Gasteiger partial charge on any atom is 0.268 e. The van der Waals surface area contributed by atoms with E-state index < -0.39 is 5.91 Å². The number of carbonyl (C=O) groups is 2. The summed E-state index contributed by atoms with van der Waals surface area (Å²) in [7, 11) is 0. The van der Waals surface area contributed by atoms with Crippen LogP contribution in [-0.2, 0) is 0 Å². The van der Waals surface area contributed by atoms with Gasteiger partial charge in [0.05, 0.1) is 51.7 Å². The number of anilines is 1. The first kappa shape index (κ1) is 26.8. The highest BCUT2D eigenvalue weighted by Crippen LogP contribution is 2.41. The molecule has 0 saturated heterocycles. The molecule has 0 radical (unpaired) electrons. The van der Waals surface area contributed by atoms with Gasteiger partial charge in [-0.15, -0.1) is 0 Å². The molecule has 214 valence electrons. The Kier molecular flexibility index (Phi) is 6.10. The summed E-state index contributed by atoms with van der Waals surface area (Å²) in [6.45, 7) is 7.74. The third-order valence-electron chi connectivity index (χ3n) is 8.61. The van der Waals surface area contributed by atoms with Crippen molar-refractivity contribution >= 4 is 45.0 Å². The number of hydrogen-bond acceptors (Lipinski definition) is 3. The maximum atomic E-state index is 14.2. The third kappa shape index (κ3) is 3.95. The minimum atomic E-state index is -0.391. The summed E-state index contributed by atoms with van der Waals surface area (Å²) in [5.74, 6) is -0.763. The van der Waals surface area contributed by atoms with Crippen molar-refractivity contribution in [3.05, 3.63) is 162 Å². The SMILES string of the molecule is [C-]#[N+]c1ccccc1-c1ccc2c3ccc(-c4ccccc4C#N)cc3n(-c3cccc4c3C(=O)N(c3ccccc3)C4=O)c2c1. The van der Waals surface area contributed by atoms with Crippen molar-refractivity contribution in [2.24, 2.45) is 0 Å². The van der Waals surface area contributed by atoms with Gasteiger partial charge in [-0.2, -0.15) is 5.26 Å². The Bertz CT molecular complexity index is 2380. The van der Waals surface area contributed by atoms with E-state index in [4.69, 9.17) is 6.57 Å². The summed E-state index contributed by atoms with van der Waals surface area (Å²) in [5, 5.41) is 11.8. The van der Waals surface area contributed by atoms with Crippen LogP contribution in [0.3, 0.4) is 0 Å². The highest BCUT2D eigenvalue weighted by atomic mass is 16.2. The van der Waals surface area contributed by atoms with E-state index in [1.165, 1.54) is 4.90 Å². The van der Waals surface area contributed by atoms with Crippen molar-refractivity contribution in [1.29, 1.82) is 5.26 Å². The van der Waals surface area contributed by atoms with E-state index in [1.807, 2.05) is 89.5 Å². The quantitative estimate of drug-likeness (QED) is 0.151. The van der Waals surface area contributed by atoms with Crippen LogP contribution in [-0.4, -0.2) is 16.4 Å². The molecule has 1 aliphatic heterocycles. The number of nitrogens with zero attached hydrogens (tertiary/aromatic N) is 4. The number of fused-ring (bicyclic) bond motifs is 4. The molecule has 2 heterocycles. The van der Waals surface area contributed by atoms with E-state index >= 15 is 0 Å². The molecule has 0 unspecified atom stereocenters.